The van der Waals surface area contributed by atoms with Gasteiger partial charge in [-0.3, -0.25) is 9.88 Å². The molecule has 1 aliphatic heterocycles. The Hall–Kier alpha value is -1.75. The molecule has 150 valence electrons. The van der Waals surface area contributed by atoms with Crippen LogP contribution in [0.5, 0.6) is 0 Å². The number of aromatic nitrogens is 1. The molecule has 4 heteroatoms. The van der Waals surface area contributed by atoms with E-state index in [1.165, 1.54) is 47.2 Å². The molecule has 2 heterocycles. The van der Waals surface area contributed by atoms with Crippen molar-refractivity contribution in [1.29, 1.82) is 0 Å². The van der Waals surface area contributed by atoms with Gasteiger partial charge in [-0.25, -0.2) is 0 Å². The summed E-state index contributed by atoms with van der Waals surface area (Å²) in [5, 5.41) is 3.78. The highest BCUT2D eigenvalue weighted by atomic mass is 15.2. The summed E-state index contributed by atoms with van der Waals surface area (Å²) in [6, 6.07) is 12.2. The van der Waals surface area contributed by atoms with Gasteiger partial charge < -0.3 is 11.1 Å². The Labute approximate surface area is 169 Å². The van der Waals surface area contributed by atoms with Gasteiger partial charge in [-0.2, -0.15) is 0 Å². The van der Waals surface area contributed by atoms with Crippen molar-refractivity contribution in [2.45, 2.75) is 64.1 Å². The zero-order valence-electron chi connectivity index (χ0n) is 17.2. The normalized spacial score (nSPS) is 21.4. The second-order valence-corrected chi connectivity index (χ2v) is 8.51. The monoisotopic (exact) mass is 378 g/mol. The average Bonchev–Trinajstić information content (AvgIpc) is 2.72. The quantitative estimate of drug-likeness (QED) is 0.724. The highest BCUT2D eigenvalue weighted by Gasteiger charge is 2.29. The summed E-state index contributed by atoms with van der Waals surface area (Å²) in [5.41, 5.74) is 12.8. The first-order valence-electron chi connectivity index (χ1n) is 10.9. The van der Waals surface area contributed by atoms with Crippen LogP contribution in [0, 0.1) is 6.92 Å². The lowest BCUT2D eigenvalue weighted by Gasteiger charge is -2.38. The van der Waals surface area contributed by atoms with Crippen molar-refractivity contribution in [2.24, 2.45) is 5.73 Å². The average molecular weight is 379 g/mol. The summed E-state index contributed by atoms with van der Waals surface area (Å²) in [6.45, 7) is 6.10. The molecule has 3 N–H and O–H groups in total. The van der Waals surface area contributed by atoms with E-state index in [0.717, 1.165) is 45.4 Å². The number of nitrogens with one attached hydrogen (secondary N) is 1. The second kappa shape index (κ2) is 9.17. The molecular weight excluding hydrogens is 344 g/mol. The van der Waals surface area contributed by atoms with E-state index in [0.29, 0.717) is 12.1 Å². The van der Waals surface area contributed by atoms with Gasteiger partial charge in [0.05, 0.1) is 11.7 Å². The Morgan fingerprint density at radius 1 is 1.18 bits per heavy atom. The van der Waals surface area contributed by atoms with Crippen molar-refractivity contribution >= 4 is 0 Å². The number of pyridine rings is 1. The molecule has 28 heavy (non-hydrogen) atoms. The number of hydrogen-bond donors (Lipinski definition) is 2. The van der Waals surface area contributed by atoms with Crippen molar-refractivity contribution in [3.05, 3.63) is 64.5 Å². The Bertz CT molecular complexity index is 788. The second-order valence-electron chi connectivity index (χ2n) is 8.51. The van der Waals surface area contributed by atoms with Gasteiger partial charge in [0.25, 0.3) is 0 Å². The maximum atomic E-state index is 5.78. The van der Waals surface area contributed by atoms with E-state index in [1.807, 2.05) is 6.20 Å². The Morgan fingerprint density at radius 3 is 2.89 bits per heavy atom. The lowest BCUT2D eigenvalue weighted by Crippen LogP contribution is -2.46. The molecule has 1 aliphatic carbocycles. The van der Waals surface area contributed by atoms with Crippen molar-refractivity contribution in [3.63, 3.8) is 0 Å². The van der Waals surface area contributed by atoms with Crippen LogP contribution >= 0.6 is 0 Å². The number of rotatable bonds is 7. The lowest BCUT2D eigenvalue weighted by molar-refractivity contribution is 0.151. The first kappa shape index (κ1) is 19.6. The predicted molar refractivity (Wildman–Crippen MR) is 115 cm³/mol. The topological polar surface area (TPSA) is 54.2 Å². The molecule has 0 fully saturated rings. The van der Waals surface area contributed by atoms with Crippen LogP contribution in [0.3, 0.4) is 0 Å². The van der Waals surface area contributed by atoms with Crippen LogP contribution in [0.15, 0.2) is 36.5 Å². The van der Waals surface area contributed by atoms with E-state index < -0.39 is 0 Å². The minimum atomic E-state index is 0.445. The fourth-order valence-corrected chi connectivity index (χ4v) is 4.89. The molecule has 0 radical (unpaired) electrons. The Balaban J connectivity index is 1.52. The summed E-state index contributed by atoms with van der Waals surface area (Å²) in [4.78, 5) is 7.59. The maximum absolute atomic E-state index is 5.78. The van der Waals surface area contributed by atoms with Crippen LogP contribution < -0.4 is 11.1 Å². The van der Waals surface area contributed by atoms with E-state index >= 15 is 0 Å². The van der Waals surface area contributed by atoms with Gasteiger partial charge in [0, 0.05) is 25.3 Å². The molecule has 1 aromatic carbocycles. The van der Waals surface area contributed by atoms with Gasteiger partial charge in [0.1, 0.15) is 0 Å². The number of nitrogens with zero attached hydrogens (tertiary/aromatic N) is 2. The molecule has 4 rings (SSSR count). The summed E-state index contributed by atoms with van der Waals surface area (Å²) in [6.07, 6.45) is 9.07. The maximum Gasteiger partial charge on any atom is 0.0607 e. The minimum Gasteiger partial charge on any atom is -0.330 e. The number of fused-ring (bicyclic) bond motifs is 2. The summed E-state index contributed by atoms with van der Waals surface area (Å²) >= 11 is 0. The molecule has 1 aromatic heterocycles. The van der Waals surface area contributed by atoms with Crippen molar-refractivity contribution < 1.29 is 0 Å². The van der Waals surface area contributed by atoms with E-state index in [-0.39, 0.29) is 0 Å². The fraction of sp³-hybridized carbons (Fsp3) is 0.542. The summed E-state index contributed by atoms with van der Waals surface area (Å²) in [5.74, 6) is 0. The number of hydrogen-bond acceptors (Lipinski definition) is 4. The molecule has 0 amide bonds. The standard InChI is InChI=1S/C24H34N4/c1-18-13-20-9-6-10-23(24(20)27-15-18)28(12-5-4-11-25)17-22-14-19-7-2-3-8-21(19)16-26-22/h2-3,7-8,13,15,22-23,26H,4-6,9-12,14,16-17,25H2,1H3/t22-,23+/m1/s1. The van der Waals surface area contributed by atoms with Gasteiger partial charge in [0.15, 0.2) is 0 Å². The molecular formula is C24H34N4. The molecule has 4 nitrogen and oxygen atoms in total. The predicted octanol–water partition coefficient (Wildman–Crippen LogP) is 3.52. The number of nitrogens with two attached hydrogens (primary N) is 1. The summed E-state index contributed by atoms with van der Waals surface area (Å²) < 4.78 is 0. The zero-order chi connectivity index (χ0) is 19.3. The number of unbranched alkanes of at least 4 members (excludes halogenated alkanes) is 1. The molecule has 0 unspecified atom stereocenters. The van der Waals surface area contributed by atoms with Crippen LogP contribution in [0.25, 0.3) is 0 Å². The van der Waals surface area contributed by atoms with Crippen LogP contribution in [-0.2, 0) is 19.4 Å². The molecule has 0 saturated heterocycles. The van der Waals surface area contributed by atoms with Crippen LogP contribution in [-0.4, -0.2) is 35.6 Å². The number of benzene rings is 1. The Morgan fingerprint density at radius 2 is 2.04 bits per heavy atom. The Kier molecular flexibility index (Phi) is 6.40. The summed E-state index contributed by atoms with van der Waals surface area (Å²) in [7, 11) is 0. The van der Waals surface area contributed by atoms with Crippen molar-refractivity contribution in [3.8, 4) is 0 Å². The highest BCUT2D eigenvalue weighted by Crippen LogP contribution is 2.34. The highest BCUT2D eigenvalue weighted by molar-refractivity contribution is 5.31. The van der Waals surface area contributed by atoms with Gasteiger partial charge in [-0.15, -0.1) is 0 Å². The third-order valence-electron chi connectivity index (χ3n) is 6.34. The molecule has 0 spiro atoms. The fourth-order valence-electron chi connectivity index (χ4n) is 4.89. The lowest BCUT2D eigenvalue weighted by atomic mass is 9.89. The van der Waals surface area contributed by atoms with E-state index in [2.05, 4.69) is 47.5 Å². The molecule has 2 atom stereocenters. The van der Waals surface area contributed by atoms with Crippen LogP contribution in [0.2, 0.25) is 0 Å². The van der Waals surface area contributed by atoms with Crippen LogP contribution in [0.4, 0.5) is 0 Å². The molecule has 2 aliphatic rings. The van der Waals surface area contributed by atoms with E-state index in [4.69, 9.17) is 10.7 Å². The van der Waals surface area contributed by atoms with Gasteiger partial charge in [0.2, 0.25) is 0 Å². The zero-order valence-corrected chi connectivity index (χ0v) is 17.2. The SMILES string of the molecule is Cc1cnc2c(c1)CCC[C@@H]2N(CCCCN)C[C@H]1Cc2ccccc2CN1. The minimum absolute atomic E-state index is 0.445. The van der Waals surface area contributed by atoms with Gasteiger partial charge in [-0.1, -0.05) is 30.3 Å². The molecule has 0 saturated carbocycles. The first-order chi connectivity index (χ1) is 13.7. The van der Waals surface area contributed by atoms with E-state index in [9.17, 15) is 0 Å². The van der Waals surface area contributed by atoms with Crippen LogP contribution in [0.1, 0.15) is 59.7 Å². The van der Waals surface area contributed by atoms with E-state index in [1.54, 1.807) is 0 Å². The molecule has 2 aromatic rings. The largest absolute Gasteiger partial charge is 0.330 e. The third-order valence-corrected chi connectivity index (χ3v) is 6.34. The van der Waals surface area contributed by atoms with Gasteiger partial charge >= 0.3 is 0 Å². The number of aryl methyl sites for hydroxylation is 2. The first-order valence-corrected chi connectivity index (χ1v) is 10.9. The smallest absolute Gasteiger partial charge is 0.0607 e. The third kappa shape index (κ3) is 4.45. The van der Waals surface area contributed by atoms with Gasteiger partial charge in [-0.05, 0) is 80.8 Å². The van der Waals surface area contributed by atoms with Crippen molar-refractivity contribution in [2.75, 3.05) is 19.6 Å². The van der Waals surface area contributed by atoms with Crippen molar-refractivity contribution in [1.82, 2.24) is 15.2 Å². The molecule has 0 bridgehead atoms.